The summed E-state index contributed by atoms with van der Waals surface area (Å²) in [6, 6.07) is 7.48. The molecule has 0 saturated heterocycles. The van der Waals surface area contributed by atoms with Crippen LogP contribution in [0.5, 0.6) is 0 Å². The zero-order valence-electron chi connectivity index (χ0n) is 10.5. The molecule has 0 radical (unpaired) electrons. The molecule has 2 rings (SSSR count). The lowest BCUT2D eigenvalue weighted by atomic mass is 10.4. The predicted molar refractivity (Wildman–Crippen MR) is 77.5 cm³/mol. The van der Waals surface area contributed by atoms with Gasteiger partial charge in [0.1, 0.15) is 0 Å². The van der Waals surface area contributed by atoms with Crippen molar-refractivity contribution in [1.29, 1.82) is 0 Å². The molecule has 2 aromatic rings. The van der Waals surface area contributed by atoms with Crippen molar-refractivity contribution in [2.45, 2.75) is 10.1 Å². The van der Waals surface area contributed by atoms with Gasteiger partial charge >= 0.3 is 0 Å². The van der Waals surface area contributed by atoms with Crippen LogP contribution < -0.4 is 16.2 Å². The molecule has 19 heavy (non-hydrogen) atoms. The Morgan fingerprint density at radius 3 is 2.68 bits per heavy atom. The number of hydrazine groups is 1. The van der Waals surface area contributed by atoms with Gasteiger partial charge in [0.05, 0.1) is 0 Å². The topological polar surface area (TPSA) is 80.0 Å². The average molecular weight is 297 g/mol. The lowest BCUT2D eigenvalue weighted by Gasteiger charge is -2.12. The highest BCUT2D eigenvalue weighted by Crippen LogP contribution is 2.28. The molecular weight excluding hydrogens is 284 g/mol. The molecule has 0 saturated carbocycles. The number of nitrogen functional groups attached to an aromatic ring is 1. The zero-order valence-corrected chi connectivity index (χ0v) is 12.0. The summed E-state index contributed by atoms with van der Waals surface area (Å²) in [6.07, 6.45) is 0. The Labute approximate surface area is 120 Å². The zero-order chi connectivity index (χ0) is 13.8. The summed E-state index contributed by atoms with van der Waals surface area (Å²) in [4.78, 5) is 15.4. The Kier molecular flexibility index (Phi) is 4.41. The molecule has 0 fully saturated rings. The number of rotatable bonds is 4. The van der Waals surface area contributed by atoms with Crippen molar-refractivity contribution in [3.63, 3.8) is 0 Å². The Bertz CT molecular complexity index is 577. The van der Waals surface area contributed by atoms with Crippen LogP contribution in [0.1, 0.15) is 0 Å². The lowest BCUT2D eigenvalue weighted by molar-refractivity contribution is 0.865. The van der Waals surface area contributed by atoms with Crippen LogP contribution in [-0.4, -0.2) is 29.0 Å². The molecule has 0 amide bonds. The summed E-state index contributed by atoms with van der Waals surface area (Å²) < 4.78 is 0. The second-order valence-corrected chi connectivity index (χ2v) is 5.32. The van der Waals surface area contributed by atoms with Crippen LogP contribution in [0.2, 0.25) is 5.02 Å². The van der Waals surface area contributed by atoms with E-state index in [-0.39, 0.29) is 0 Å². The quantitative estimate of drug-likeness (QED) is 0.660. The number of aromatic nitrogens is 3. The third-order valence-electron chi connectivity index (χ3n) is 2.14. The summed E-state index contributed by atoms with van der Waals surface area (Å²) in [5.74, 6) is 6.21. The van der Waals surface area contributed by atoms with Gasteiger partial charge in [-0.25, -0.2) is 5.84 Å². The number of benzene rings is 1. The number of halogens is 1. The summed E-state index contributed by atoms with van der Waals surface area (Å²) in [7, 11) is 3.70. The van der Waals surface area contributed by atoms with E-state index in [2.05, 4.69) is 20.4 Å². The fraction of sp³-hybridized carbons (Fsp3) is 0.182. The Morgan fingerprint density at radius 1 is 1.26 bits per heavy atom. The molecule has 0 atom stereocenters. The standard InChI is InChI=1S/C11H13ClN6S/c1-18(2)10-14-9(17-13)15-11(16-10)19-8-5-3-4-7(12)6-8/h3-6H,13H2,1-2H3,(H,14,15,16,17). The molecule has 0 aliphatic rings. The van der Waals surface area contributed by atoms with E-state index in [0.29, 0.717) is 22.1 Å². The third-order valence-corrected chi connectivity index (χ3v) is 3.23. The molecule has 0 aliphatic carbocycles. The Hall–Kier alpha value is -1.57. The maximum atomic E-state index is 5.94. The highest BCUT2D eigenvalue weighted by molar-refractivity contribution is 7.99. The molecule has 0 aliphatic heterocycles. The first kappa shape index (κ1) is 13.9. The van der Waals surface area contributed by atoms with E-state index < -0.39 is 0 Å². The molecule has 6 nitrogen and oxygen atoms in total. The maximum Gasteiger partial charge on any atom is 0.242 e. The molecule has 3 N–H and O–H groups in total. The minimum absolute atomic E-state index is 0.322. The van der Waals surface area contributed by atoms with E-state index in [0.717, 1.165) is 4.90 Å². The molecule has 100 valence electrons. The highest BCUT2D eigenvalue weighted by Gasteiger charge is 2.09. The second-order valence-electron chi connectivity index (χ2n) is 3.84. The van der Waals surface area contributed by atoms with E-state index in [9.17, 15) is 0 Å². The number of nitrogens with two attached hydrogens (primary N) is 1. The molecule has 1 heterocycles. The van der Waals surface area contributed by atoms with Crippen molar-refractivity contribution in [2.24, 2.45) is 5.84 Å². The molecule has 1 aromatic heterocycles. The monoisotopic (exact) mass is 296 g/mol. The van der Waals surface area contributed by atoms with Gasteiger partial charge in [0.25, 0.3) is 0 Å². The molecule has 0 spiro atoms. The van der Waals surface area contributed by atoms with Crippen LogP contribution in [0.15, 0.2) is 34.3 Å². The van der Waals surface area contributed by atoms with Gasteiger partial charge in [-0.1, -0.05) is 17.7 Å². The number of hydrogen-bond acceptors (Lipinski definition) is 7. The summed E-state index contributed by atoms with van der Waals surface area (Å²) in [5, 5.41) is 1.22. The van der Waals surface area contributed by atoms with Gasteiger partial charge in [0, 0.05) is 24.0 Å². The minimum atomic E-state index is 0.322. The summed E-state index contributed by atoms with van der Waals surface area (Å²) >= 11 is 7.34. The minimum Gasteiger partial charge on any atom is -0.347 e. The van der Waals surface area contributed by atoms with E-state index in [1.165, 1.54) is 11.8 Å². The molecular formula is C11H13ClN6S. The van der Waals surface area contributed by atoms with Gasteiger partial charge in [-0.3, -0.25) is 5.43 Å². The lowest BCUT2D eigenvalue weighted by Crippen LogP contribution is -2.17. The molecule has 1 aromatic carbocycles. The first-order chi connectivity index (χ1) is 9.08. The number of hydrogen-bond donors (Lipinski definition) is 2. The van der Waals surface area contributed by atoms with Crippen molar-refractivity contribution in [3.8, 4) is 0 Å². The predicted octanol–water partition coefficient (Wildman–Crippen LogP) is 2.03. The van der Waals surface area contributed by atoms with Crippen molar-refractivity contribution < 1.29 is 0 Å². The fourth-order valence-corrected chi connectivity index (χ4v) is 2.35. The molecule has 0 unspecified atom stereocenters. The SMILES string of the molecule is CN(C)c1nc(NN)nc(Sc2cccc(Cl)c2)n1. The molecule has 8 heteroatoms. The Balaban J connectivity index is 2.31. The van der Waals surface area contributed by atoms with E-state index in [1.807, 2.05) is 38.4 Å². The van der Waals surface area contributed by atoms with Crippen LogP contribution in [-0.2, 0) is 0 Å². The van der Waals surface area contributed by atoms with Gasteiger partial charge in [0.15, 0.2) is 5.16 Å². The van der Waals surface area contributed by atoms with Crippen LogP contribution in [0.3, 0.4) is 0 Å². The highest BCUT2D eigenvalue weighted by atomic mass is 35.5. The van der Waals surface area contributed by atoms with Crippen LogP contribution >= 0.6 is 23.4 Å². The second kappa shape index (κ2) is 6.05. The fourth-order valence-electron chi connectivity index (χ4n) is 1.29. The van der Waals surface area contributed by atoms with Gasteiger partial charge in [0.2, 0.25) is 11.9 Å². The van der Waals surface area contributed by atoms with E-state index >= 15 is 0 Å². The first-order valence-electron chi connectivity index (χ1n) is 5.42. The normalized spacial score (nSPS) is 10.3. The summed E-state index contributed by atoms with van der Waals surface area (Å²) in [6.45, 7) is 0. The first-order valence-corrected chi connectivity index (χ1v) is 6.61. The number of anilines is 2. The van der Waals surface area contributed by atoms with Crippen molar-refractivity contribution >= 4 is 35.3 Å². The van der Waals surface area contributed by atoms with Gasteiger partial charge in [-0.2, -0.15) is 15.0 Å². The smallest absolute Gasteiger partial charge is 0.242 e. The largest absolute Gasteiger partial charge is 0.347 e. The van der Waals surface area contributed by atoms with Crippen molar-refractivity contribution in [1.82, 2.24) is 15.0 Å². The Morgan fingerprint density at radius 2 is 2.05 bits per heavy atom. The third kappa shape index (κ3) is 3.69. The number of nitrogens with one attached hydrogen (secondary N) is 1. The van der Waals surface area contributed by atoms with Crippen LogP contribution in [0, 0.1) is 0 Å². The van der Waals surface area contributed by atoms with Crippen LogP contribution in [0.4, 0.5) is 11.9 Å². The summed E-state index contributed by atoms with van der Waals surface area (Å²) in [5.41, 5.74) is 2.43. The molecule has 0 bridgehead atoms. The van der Waals surface area contributed by atoms with E-state index in [1.54, 1.807) is 4.90 Å². The van der Waals surface area contributed by atoms with Gasteiger partial charge < -0.3 is 4.90 Å². The van der Waals surface area contributed by atoms with E-state index in [4.69, 9.17) is 17.4 Å². The van der Waals surface area contributed by atoms with Crippen molar-refractivity contribution in [3.05, 3.63) is 29.3 Å². The van der Waals surface area contributed by atoms with Crippen LogP contribution in [0.25, 0.3) is 0 Å². The average Bonchev–Trinajstić information content (AvgIpc) is 2.38. The van der Waals surface area contributed by atoms with Crippen molar-refractivity contribution in [2.75, 3.05) is 24.4 Å². The van der Waals surface area contributed by atoms with Gasteiger partial charge in [-0.05, 0) is 30.0 Å². The number of nitrogens with zero attached hydrogens (tertiary/aromatic N) is 4. The van der Waals surface area contributed by atoms with Gasteiger partial charge in [-0.15, -0.1) is 0 Å². The maximum absolute atomic E-state index is 5.94.